The summed E-state index contributed by atoms with van der Waals surface area (Å²) in [5.74, 6) is 0.228. The topological polar surface area (TPSA) is 44.4 Å². The normalized spacial score (nSPS) is 18.6. The minimum absolute atomic E-state index is 0.0827. The highest BCUT2D eigenvalue weighted by molar-refractivity contribution is 5.77. The van der Waals surface area contributed by atoms with Crippen molar-refractivity contribution in [3.63, 3.8) is 0 Å². The molecule has 0 atom stereocenters. The van der Waals surface area contributed by atoms with Crippen molar-refractivity contribution >= 4 is 5.91 Å². The molecule has 4 heteroatoms. The summed E-state index contributed by atoms with van der Waals surface area (Å²) in [7, 11) is 0. The highest BCUT2D eigenvalue weighted by Gasteiger charge is 2.19. The van der Waals surface area contributed by atoms with Crippen LogP contribution >= 0.6 is 0 Å². The van der Waals surface area contributed by atoms with Crippen LogP contribution in [0.1, 0.15) is 40.5 Å². The van der Waals surface area contributed by atoms with E-state index in [9.17, 15) is 4.79 Å². The largest absolute Gasteiger partial charge is 0.355 e. The summed E-state index contributed by atoms with van der Waals surface area (Å²) < 4.78 is 0. The van der Waals surface area contributed by atoms with E-state index in [1.807, 2.05) is 13.8 Å². The van der Waals surface area contributed by atoms with Gasteiger partial charge >= 0.3 is 0 Å². The summed E-state index contributed by atoms with van der Waals surface area (Å²) in [4.78, 5) is 13.9. The second-order valence-electron chi connectivity index (χ2n) is 5.80. The third-order valence-corrected chi connectivity index (χ3v) is 3.64. The number of rotatable bonds is 6. The monoisotopic (exact) mass is 255 g/mol. The maximum atomic E-state index is 11.4. The third kappa shape index (κ3) is 5.36. The molecule has 18 heavy (non-hydrogen) atoms. The Hall–Kier alpha value is -0.610. The highest BCUT2D eigenvalue weighted by atomic mass is 16.1. The van der Waals surface area contributed by atoms with E-state index in [0.29, 0.717) is 12.1 Å². The summed E-state index contributed by atoms with van der Waals surface area (Å²) in [5.41, 5.74) is 0. The third-order valence-electron chi connectivity index (χ3n) is 3.64. The molecule has 1 saturated heterocycles. The first kappa shape index (κ1) is 15.4. The first-order chi connectivity index (χ1) is 8.50. The van der Waals surface area contributed by atoms with Crippen LogP contribution < -0.4 is 10.6 Å². The van der Waals surface area contributed by atoms with Gasteiger partial charge in [0, 0.05) is 31.1 Å². The molecule has 0 aliphatic carbocycles. The van der Waals surface area contributed by atoms with E-state index < -0.39 is 0 Å². The second kappa shape index (κ2) is 7.74. The number of carbonyl (C=O) groups excluding carboxylic acids is 1. The van der Waals surface area contributed by atoms with Crippen molar-refractivity contribution < 1.29 is 4.79 Å². The Kier molecular flexibility index (Phi) is 6.65. The van der Waals surface area contributed by atoms with E-state index in [-0.39, 0.29) is 11.8 Å². The summed E-state index contributed by atoms with van der Waals surface area (Å²) in [6.45, 7) is 12.4. The molecule has 0 radical (unpaired) electrons. The Bertz CT molecular complexity index is 245. The maximum Gasteiger partial charge on any atom is 0.222 e. The van der Waals surface area contributed by atoms with Crippen LogP contribution in [0.3, 0.4) is 0 Å². The predicted octanol–water partition coefficient (Wildman–Crippen LogP) is 1.22. The molecule has 1 amide bonds. The molecule has 0 unspecified atom stereocenters. The molecule has 0 spiro atoms. The van der Waals surface area contributed by atoms with Gasteiger partial charge in [0.2, 0.25) is 5.91 Å². The molecule has 1 fully saturated rings. The van der Waals surface area contributed by atoms with Crippen LogP contribution in [0.15, 0.2) is 0 Å². The van der Waals surface area contributed by atoms with Crippen LogP contribution in [-0.2, 0) is 4.79 Å². The Labute approximate surface area is 111 Å². The summed E-state index contributed by atoms with van der Waals surface area (Å²) >= 11 is 0. The molecule has 0 bridgehead atoms. The molecule has 1 aliphatic rings. The molecule has 4 nitrogen and oxygen atoms in total. The fourth-order valence-electron chi connectivity index (χ4n) is 2.29. The SMILES string of the molecule is CC(C)C(=O)NCCNC1CCN(C(C)C)CC1. The van der Waals surface area contributed by atoms with Gasteiger partial charge in [-0.2, -0.15) is 0 Å². The highest BCUT2D eigenvalue weighted by Crippen LogP contribution is 2.12. The average Bonchev–Trinajstić information content (AvgIpc) is 2.34. The minimum atomic E-state index is 0.0827. The summed E-state index contributed by atoms with van der Waals surface area (Å²) in [5, 5.41) is 6.47. The lowest BCUT2D eigenvalue weighted by Gasteiger charge is -2.35. The molecule has 2 N–H and O–H groups in total. The number of hydrogen-bond acceptors (Lipinski definition) is 3. The van der Waals surface area contributed by atoms with Crippen molar-refractivity contribution in [2.75, 3.05) is 26.2 Å². The van der Waals surface area contributed by atoms with Crippen molar-refractivity contribution in [2.45, 2.75) is 52.6 Å². The number of carbonyl (C=O) groups is 1. The summed E-state index contributed by atoms with van der Waals surface area (Å²) in [6.07, 6.45) is 2.44. The van der Waals surface area contributed by atoms with Crippen LogP contribution in [0.5, 0.6) is 0 Å². The fraction of sp³-hybridized carbons (Fsp3) is 0.929. The molecule has 1 rings (SSSR count). The summed E-state index contributed by atoms with van der Waals surface area (Å²) in [6, 6.07) is 1.28. The van der Waals surface area contributed by atoms with Crippen molar-refractivity contribution in [3.05, 3.63) is 0 Å². The zero-order valence-electron chi connectivity index (χ0n) is 12.3. The van der Waals surface area contributed by atoms with Crippen LogP contribution in [-0.4, -0.2) is 49.1 Å². The zero-order valence-corrected chi connectivity index (χ0v) is 12.3. The van der Waals surface area contributed by atoms with E-state index in [1.165, 1.54) is 25.9 Å². The van der Waals surface area contributed by atoms with Gasteiger partial charge in [-0.1, -0.05) is 13.8 Å². The van der Waals surface area contributed by atoms with Crippen LogP contribution in [0.4, 0.5) is 0 Å². The minimum Gasteiger partial charge on any atom is -0.355 e. The number of nitrogens with one attached hydrogen (secondary N) is 2. The lowest BCUT2D eigenvalue weighted by Crippen LogP contribution is -2.46. The van der Waals surface area contributed by atoms with Gasteiger partial charge in [-0.15, -0.1) is 0 Å². The number of likely N-dealkylation sites (tertiary alicyclic amines) is 1. The van der Waals surface area contributed by atoms with Crippen molar-refractivity contribution in [2.24, 2.45) is 5.92 Å². The van der Waals surface area contributed by atoms with Gasteiger partial charge in [-0.3, -0.25) is 4.79 Å². The van der Waals surface area contributed by atoms with Gasteiger partial charge in [0.05, 0.1) is 0 Å². The lowest BCUT2D eigenvalue weighted by molar-refractivity contribution is -0.123. The van der Waals surface area contributed by atoms with Gasteiger partial charge in [-0.25, -0.2) is 0 Å². The molecule has 0 aromatic rings. The standard InChI is InChI=1S/C14H29N3O/c1-11(2)14(18)16-8-7-15-13-5-9-17(10-6-13)12(3)4/h11-13,15H,5-10H2,1-4H3,(H,16,18). The molecular formula is C14H29N3O. The van der Waals surface area contributed by atoms with Crippen LogP contribution in [0, 0.1) is 5.92 Å². The molecule has 0 saturated carbocycles. The Balaban J connectivity index is 2.06. The van der Waals surface area contributed by atoms with Crippen molar-refractivity contribution in [1.29, 1.82) is 0 Å². The number of piperidine rings is 1. The van der Waals surface area contributed by atoms with Gasteiger partial charge < -0.3 is 15.5 Å². The predicted molar refractivity (Wildman–Crippen MR) is 75.6 cm³/mol. The van der Waals surface area contributed by atoms with E-state index in [0.717, 1.165) is 13.1 Å². The van der Waals surface area contributed by atoms with E-state index >= 15 is 0 Å². The van der Waals surface area contributed by atoms with Gasteiger partial charge in [-0.05, 0) is 39.8 Å². The van der Waals surface area contributed by atoms with E-state index in [1.54, 1.807) is 0 Å². The molecule has 1 heterocycles. The molecule has 0 aromatic carbocycles. The Morgan fingerprint density at radius 1 is 1.17 bits per heavy atom. The van der Waals surface area contributed by atoms with Crippen LogP contribution in [0.25, 0.3) is 0 Å². The molecular weight excluding hydrogens is 226 g/mol. The zero-order chi connectivity index (χ0) is 13.5. The smallest absolute Gasteiger partial charge is 0.222 e. The van der Waals surface area contributed by atoms with E-state index in [4.69, 9.17) is 0 Å². The molecule has 0 aromatic heterocycles. The molecule has 1 aliphatic heterocycles. The van der Waals surface area contributed by atoms with Crippen LogP contribution in [0.2, 0.25) is 0 Å². The first-order valence-corrected chi connectivity index (χ1v) is 7.26. The number of nitrogens with zero attached hydrogens (tertiary/aromatic N) is 1. The Morgan fingerprint density at radius 2 is 1.78 bits per heavy atom. The van der Waals surface area contributed by atoms with E-state index in [2.05, 4.69) is 29.4 Å². The second-order valence-corrected chi connectivity index (χ2v) is 5.80. The first-order valence-electron chi connectivity index (χ1n) is 7.26. The lowest BCUT2D eigenvalue weighted by atomic mass is 10.0. The maximum absolute atomic E-state index is 11.4. The molecule has 106 valence electrons. The number of amides is 1. The fourth-order valence-corrected chi connectivity index (χ4v) is 2.29. The quantitative estimate of drug-likeness (QED) is 0.702. The average molecular weight is 255 g/mol. The van der Waals surface area contributed by atoms with Gasteiger partial charge in [0.1, 0.15) is 0 Å². The van der Waals surface area contributed by atoms with Crippen molar-refractivity contribution in [3.8, 4) is 0 Å². The van der Waals surface area contributed by atoms with Gasteiger partial charge in [0.25, 0.3) is 0 Å². The Morgan fingerprint density at radius 3 is 2.28 bits per heavy atom. The van der Waals surface area contributed by atoms with Crippen molar-refractivity contribution in [1.82, 2.24) is 15.5 Å². The van der Waals surface area contributed by atoms with Gasteiger partial charge in [0.15, 0.2) is 0 Å². The number of hydrogen-bond donors (Lipinski definition) is 2.